The molecule has 1 N–H and O–H groups in total. The number of carbonyl (C=O) groups excluding carboxylic acids is 1. The Hall–Kier alpha value is -2.40. The van der Waals surface area contributed by atoms with Crippen molar-refractivity contribution in [3.8, 4) is 0 Å². The van der Waals surface area contributed by atoms with E-state index < -0.39 is 0 Å². The number of nitrogens with one attached hydrogen (secondary N) is 1. The first-order valence-electron chi connectivity index (χ1n) is 9.27. The quantitative estimate of drug-likeness (QED) is 0.915. The van der Waals surface area contributed by atoms with Crippen LogP contribution in [0, 0.1) is 13.8 Å². The normalized spacial score (nSPS) is 15.3. The Morgan fingerprint density at radius 3 is 2.50 bits per heavy atom. The van der Waals surface area contributed by atoms with E-state index >= 15 is 0 Å². The summed E-state index contributed by atoms with van der Waals surface area (Å²) in [6.45, 7) is 12.6. The largest absolute Gasteiger partial charge is 0.369 e. The van der Waals surface area contributed by atoms with E-state index in [0.29, 0.717) is 11.6 Å². The minimum absolute atomic E-state index is 0.114. The molecule has 0 saturated carbocycles. The van der Waals surface area contributed by atoms with Crippen LogP contribution < -0.4 is 10.2 Å². The molecule has 0 radical (unpaired) electrons. The van der Waals surface area contributed by atoms with Gasteiger partial charge in [-0.3, -0.25) is 14.7 Å². The van der Waals surface area contributed by atoms with Crippen LogP contribution in [0.15, 0.2) is 36.5 Å². The first-order valence-corrected chi connectivity index (χ1v) is 9.27. The lowest BCUT2D eigenvalue weighted by Gasteiger charge is -2.38. The molecule has 0 spiro atoms. The summed E-state index contributed by atoms with van der Waals surface area (Å²) in [5, 5.41) is 3.03. The zero-order valence-electron chi connectivity index (χ0n) is 16.1. The van der Waals surface area contributed by atoms with Gasteiger partial charge >= 0.3 is 0 Å². The zero-order valence-corrected chi connectivity index (χ0v) is 16.1. The van der Waals surface area contributed by atoms with E-state index in [-0.39, 0.29) is 5.91 Å². The summed E-state index contributed by atoms with van der Waals surface area (Å²) in [7, 11) is 0. The van der Waals surface area contributed by atoms with Gasteiger partial charge < -0.3 is 10.2 Å². The molecule has 2 heterocycles. The summed E-state index contributed by atoms with van der Waals surface area (Å²) in [5.74, 6) is -0.114. The molecule has 1 aromatic heterocycles. The fourth-order valence-corrected chi connectivity index (χ4v) is 3.44. The van der Waals surface area contributed by atoms with E-state index in [2.05, 4.69) is 53.0 Å². The predicted molar refractivity (Wildman–Crippen MR) is 107 cm³/mol. The highest BCUT2D eigenvalue weighted by atomic mass is 16.1. The van der Waals surface area contributed by atoms with Crippen LogP contribution in [0.1, 0.15) is 35.5 Å². The number of benzene rings is 1. The molecule has 0 atom stereocenters. The highest BCUT2D eigenvalue weighted by Gasteiger charge is 2.19. The third-order valence-corrected chi connectivity index (χ3v) is 4.98. The first kappa shape index (κ1) is 18.4. The molecular weight excluding hydrogens is 324 g/mol. The molecule has 1 saturated heterocycles. The van der Waals surface area contributed by atoms with Gasteiger partial charge in [-0.05, 0) is 63.6 Å². The maximum absolute atomic E-state index is 12.6. The van der Waals surface area contributed by atoms with E-state index in [1.54, 1.807) is 18.3 Å². The number of aryl methyl sites for hydroxylation is 2. The van der Waals surface area contributed by atoms with Crippen LogP contribution in [0.2, 0.25) is 0 Å². The van der Waals surface area contributed by atoms with Gasteiger partial charge in [0.1, 0.15) is 0 Å². The minimum atomic E-state index is -0.114. The zero-order chi connectivity index (χ0) is 18.7. The number of hydrogen-bond acceptors (Lipinski definition) is 4. The lowest BCUT2D eigenvalue weighted by atomic mass is 10.1. The number of carbonyl (C=O) groups is 1. The molecule has 5 heteroatoms. The average molecular weight is 352 g/mol. The molecule has 5 nitrogen and oxygen atoms in total. The Morgan fingerprint density at radius 1 is 1.12 bits per heavy atom. The summed E-state index contributed by atoms with van der Waals surface area (Å²) in [6, 6.07) is 10.5. The van der Waals surface area contributed by atoms with Crippen LogP contribution in [-0.4, -0.2) is 48.0 Å². The standard InChI is InChI=1S/C21H28N4O/c1-15(2)24-8-10-25(11-9-24)19-13-16(3)12-18(14-19)23-21(26)20-6-5-7-22-17(20)4/h5-7,12-15H,8-11H2,1-4H3,(H,23,26). The van der Waals surface area contributed by atoms with Crippen molar-refractivity contribution in [2.24, 2.45) is 0 Å². The summed E-state index contributed by atoms with van der Waals surface area (Å²) in [5.41, 5.74) is 4.50. The molecule has 1 fully saturated rings. The van der Waals surface area contributed by atoms with E-state index in [0.717, 1.165) is 43.1 Å². The highest BCUT2D eigenvalue weighted by Crippen LogP contribution is 2.24. The van der Waals surface area contributed by atoms with E-state index in [9.17, 15) is 4.79 Å². The number of amides is 1. The fraction of sp³-hybridized carbons (Fsp3) is 0.429. The third-order valence-electron chi connectivity index (χ3n) is 4.98. The van der Waals surface area contributed by atoms with Gasteiger partial charge in [0.2, 0.25) is 0 Å². The maximum atomic E-state index is 12.6. The summed E-state index contributed by atoms with van der Waals surface area (Å²) >= 11 is 0. The monoisotopic (exact) mass is 352 g/mol. The predicted octanol–water partition coefficient (Wildman–Crippen LogP) is 3.48. The van der Waals surface area contributed by atoms with Crippen molar-refractivity contribution < 1.29 is 4.79 Å². The van der Waals surface area contributed by atoms with E-state index in [1.807, 2.05) is 13.0 Å². The van der Waals surface area contributed by atoms with Crippen molar-refractivity contribution in [3.05, 3.63) is 53.3 Å². The smallest absolute Gasteiger partial charge is 0.257 e. The van der Waals surface area contributed by atoms with Gasteiger partial charge in [0, 0.05) is 55.5 Å². The minimum Gasteiger partial charge on any atom is -0.369 e. The van der Waals surface area contributed by atoms with Gasteiger partial charge in [-0.25, -0.2) is 0 Å². The van der Waals surface area contributed by atoms with Crippen LogP contribution in [0.3, 0.4) is 0 Å². The molecule has 3 rings (SSSR count). The van der Waals surface area contributed by atoms with Gasteiger partial charge in [-0.1, -0.05) is 0 Å². The van der Waals surface area contributed by atoms with E-state index in [4.69, 9.17) is 0 Å². The second-order valence-corrected chi connectivity index (χ2v) is 7.26. The molecule has 0 unspecified atom stereocenters. The summed E-state index contributed by atoms with van der Waals surface area (Å²) in [4.78, 5) is 21.7. The Morgan fingerprint density at radius 2 is 1.85 bits per heavy atom. The second kappa shape index (κ2) is 7.87. The van der Waals surface area contributed by atoms with Gasteiger partial charge in [0.25, 0.3) is 5.91 Å². The van der Waals surface area contributed by atoms with Crippen molar-refractivity contribution in [2.75, 3.05) is 36.4 Å². The lowest BCUT2D eigenvalue weighted by molar-refractivity contribution is 0.102. The van der Waals surface area contributed by atoms with Crippen LogP contribution in [0.4, 0.5) is 11.4 Å². The molecule has 138 valence electrons. The van der Waals surface area contributed by atoms with Crippen LogP contribution in [-0.2, 0) is 0 Å². The lowest BCUT2D eigenvalue weighted by Crippen LogP contribution is -2.48. The molecule has 26 heavy (non-hydrogen) atoms. The number of pyridine rings is 1. The maximum Gasteiger partial charge on any atom is 0.257 e. The topological polar surface area (TPSA) is 48.5 Å². The summed E-state index contributed by atoms with van der Waals surface area (Å²) in [6.07, 6.45) is 1.70. The Bertz CT molecular complexity index is 779. The van der Waals surface area contributed by atoms with Crippen LogP contribution in [0.25, 0.3) is 0 Å². The first-order chi connectivity index (χ1) is 12.4. The van der Waals surface area contributed by atoms with Crippen molar-refractivity contribution in [3.63, 3.8) is 0 Å². The molecule has 1 amide bonds. The van der Waals surface area contributed by atoms with E-state index in [1.165, 1.54) is 5.69 Å². The molecule has 1 aromatic carbocycles. The molecule has 0 aliphatic carbocycles. The number of piperazine rings is 1. The fourth-order valence-electron chi connectivity index (χ4n) is 3.44. The highest BCUT2D eigenvalue weighted by molar-refractivity contribution is 6.05. The number of rotatable bonds is 4. The summed E-state index contributed by atoms with van der Waals surface area (Å²) < 4.78 is 0. The van der Waals surface area contributed by atoms with Gasteiger partial charge in [0.15, 0.2) is 0 Å². The SMILES string of the molecule is Cc1cc(NC(=O)c2cccnc2C)cc(N2CCN(C(C)C)CC2)c1. The van der Waals surface area contributed by atoms with Crippen LogP contribution in [0.5, 0.6) is 0 Å². The molecule has 2 aromatic rings. The van der Waals surface area contributed by atoms with Gasteiger partial charge in [-0.15, -0.1) is 0 Å². The Kier molecular flexibility index (Phi) is 5.57. The van der Waals surface area contributed by atoms with Crippen molar-refractivity contribution in [1.29, 1.82) is 0 Å². The number of aromatic nitrogens is 1. The number of nitrogens with zero attached hydrogens (tertiary/aromatic N) is 3. The van der Waals surface area contributed by atoms with Crippen molar-refractivity contribution >= 4 is 17.3 Å². The average Bonchev–Trinajstić information content (AvgIpc) is 2.61. The third kappa shape index (κ3) is 4.22. The second-order valence-electron chi connectivity index (χ2n) is 7.26. The molecule has 0 bridgehead atoms. The van der Waals surface area contributed by atoms with Crippen molar-refractivity contribution in [1.82, 2.24) is 9.88 Å². The van der Waals surface area contributed by atoms with Gasteiger partial charge in [0.05, 0.1) is 5.56 Å². The molecular formula is C21H28N4O. The van der Waals surface area contributed by atoms with Gasteiger partial charge in [-0.2, -0.15) is 0 Å². The molecule has 1 aliphatic rings. The molecule has 1 aliphatic heterocycles. The Labute approximate surface area is 156 Å². The van der Waals surface area contributed by atoms with Crippen LogP contribution >= 0.6 is 0 Å². The Balaban J connectivity index is 1.74. The van der Waals surface area contributed by atoms with Crippen molar-refractivity contribution in [2.45, 2.75) is 33.7 Å². The number of hydrogen-bond donors (Lipinski definition) is 1. The number of anilines is 2.